The smallest absolute Gasteiger partial charge is 0.323 e. The Kier molecular flexibility index (Phi) is 7.04. The monoisotopic (exact) mass is 443 g/mol. The molecule has 9 heteroatoms. The number of rotatable bonds is 9. The average Bonchev–Trinajstić information content (AvgIpc) is 3.27. The van der Waals surface area contributed by atoms with Gasteiger partial charge in [0.15, 0.2) is 0 Å². The molecule has 0 atom stereocenters. The maximum Gasteiger partial charge on any atom is 0.325 e. The van der Waals surface area contributed by atoms with Gasteiger partial charge in [0.05, 0.1) is 0 Å². The van der Waals surface area contributed by atoms with E-state index >= 15 is 0 Å². The van der Waals surface area contributed by atoms with Crippen LogP contribution in [0.25, 0.3) is 10.6 Å². The van der Waals surface area contributed by atoms with Gasteiger partial charge in [0.2, 0.25) is 11.0 Å². The van der Waals surface area contributed by atoms with Gasteiger partial charge in [-0.25, -0.2) is 4.79 Å². The van der Waals surface area contributed by atoms with Crippen molar-refractivity contribution in [3.63, 3.8) is 0 Å². The van der Waals surface area contributed by atoms with Crippen LogP contribution < -0.4 is 10.6 Å². The van der Waals surface area contributed by atoms with Crippen LogP contribution in [0.5, 0.6) is 0 Å². The Morgan fingerprint density at radius 2 is 1.77 bits per heavy atom. The van der Waals surface area contributed by atoms with Crippen molar-refractivity contribution in [3.8, 4) is 10.6 Å². The molecular formula is C22H29N5O3S. The first-order valence-electron chi connectivity index (χ1n) is 10.7. The molecule has 8 nitrogen and oxygen atoms in total. The van der Waals surface area contributed by atoms with Crippen LogP contribution in [-0.2, 0) is 9.59 Å². The molecule has 2 N–H and O–H groups in total. The van der Waals surface area contributed by atoms with Crippen LogP contribution >= 0.6 is 11.3 Å². The van der Waals surface area contributed by atoms with Crippen LogP contribution in [0.1, 0.15) is 64.9 Å². The molecule has 0 spiro atoms. The Hall–Kier alpha value is -2.81. The van der Waals surface area contributed by atoms with Gasteiger partial charge in [-0.05, 0) is 24.3 Å². The van der Waals surface area contributed by atoms with Crippen molar-refractivity contribution in [2.24, 2.45) is 0 Å². The molecule has 0 radical (unpaired) electrons. The lowest BCUT2D eigenvalue weighted by Crippen LogP contribution is -2.47. The van der Waals surface area contributed by atoms with Crippen molar-refractivity contribution >= 4 is 34.3 Å². The number of benzene rings is 1. The summed E-state index contributed by atoms with van der Waals surface area (Å²) < 4.78 is 0. The third-order valence-corrected chi connectivity index (χ3v) is 6.28. The van der Waals surface area contributed by atoms with Gasteiger partial charge < -0.3 is 5.32 Å². The fourth-order valence-electron chi connectivity index (χ4n) is 3.84. The molecule has 0 aliphatic carbocycles. The molecule has 0 saturated carbocycles. The second-order valence-corrected chi connectivity index (χ2v) is 9.12. The molecule has 1 aliphatic heterocycles. The summed E-state index contributed by atoms with van der Waals surface area (Å²) in [5.74, 6) is -0.373. The summed E-state index contributed by atoms with van der Waals surface area (Å²) in [5, 5.41) is 14.6. The number of carbonyl (C=O) groups is 3. The van der Waals surface area contributed by atoms with E-state index < -0.39 is 17.5 Å². The van der Waals surface area contributed by atoms with E-state index in [2.05, 4.69) is 46.8 Å². The minimum absolute atomic E-state index is 0.327. The molecule has 2 heterocycles. The molecule has 1 aliphatic rings. The molecule has 0 bridgehead atoms. The van der Waals surface area contributed by atoms with Crippen molar-refractivity contribution in [2.75, 3.05) is 11.9 Å². The number of carbonyl (C=O) groups excluding carboxylic acids is 3. The molecule has 0 unspecified atom stereocenters. The third kappa shape index (κ3) is 4.92. The number of imide groups is 1. The Morgan fingerprint density at radius 1 is 1.13 bits per heavy atom. The van der Waals surface area contributed by atoms with Crippen LogP contribution in [0.3, 0.4) is 0 Å². The van der Waals surface area contributed by atoms with Gasteiger partial charge in [0, 0.05) is 5.56 Å². The van der Waals surface area contributed by atoms with Crippen LogP contribution in [0.4, 0.5) is 9.93 Å². The van der Waals surface area contributed by atoms with Gasteiger partial charge >= 0.3 is 6.03 Å². The molecule has 31 heavy (non-hydrogen) atoms. The number of anilines is 1. The van der Waals surface area contributed by atoms with Crippen LogP contribution in [0.15, 0.2) is 24.3 Å². The lowest BCUT2D eigenvalue weighted by molar-refractivity contribution is -0.134. The van der Waals surface area contributed by atoms with Gasteiger partial charge in [-0.1, -0.05) is 76.1 Å². The number of amides is 4. The fraction of sp³-hybridized carbons (Fsp3) is 0.500. The van der Waals surface area contributed by atoms with E-state index in [0.717, 1.165) is 23.3 Å². The lowest BCUT2D eigenvalue weighted by Gasteiger charge is -2.25. The standard InChI is InChI=1S/C22H29N5O3S/c1-5-11-22(12-6-2)19(29)27(21(30)24-22)13-17(28)23-20-26-25-18(31-20)16-9-7-15(8-10-16)14(3)4/h7-10,14H,5-6,11-13H2,1-4H3,(H,24,30)(H,23,26,28). The number of nitrogens with one attached hydrogen (secondary N) is 2. The molecule has 1 aromatic carbocycles. The average molecular weight is 444 g/mol. The van der Waals surface area contributed by atoms with Crippen molar-refractivity contribution in [3.05, 3.63) is 29.8 Å². The number of aromatic nitrogens is 2. The summed E-state index contributed by atoms with van der Waals surface area (Å²) in [4.78, 5) is 38.8. The summed E-state index contributed by atoms with van der Waals surface area (Å²) in [6, 6.07) is 7.54. The SMILES string of the molecule is CCCC1(CCC)NC(=O)N(CC(=O)Nc2nnc(-c3ccc(C(C)C)cc3)s2)C1=O. The first-order valence-corrected chi connectivity index (χ1v) is 11.5. The lowest BCUT2D eigenvalue weighted by atomic mass is 9.88. The van der Waals surface area contributed by atoms with Crippen LogP contribution in [0, 0.1) is 0 Å². The normalized spacial score (nSPS) is 15.5. The van der Waals surface area contributed by atoms with Crippen molar-refractivity contribution in [1.82, 2.24) is 20.4 Å². The third-order valence-electron chi connectivity index (χ3n) is 5.40. The fourth-order valence-corrected chi connectivity index (χ4v) is 4.61. The predicted molar refractivity (Wildman–Crippen MR) is 121 cm³/mol. The van der Waals surface area contributed by atoms with E-state index in [4.69, 9.17) is 0 Å². The van der Waals surface area contributed by atoms with Gasteiger partial charge in [0.1, 0.15) is 17.1 Å². The van der Waals surface area contributed by atoms with E-state index in [1.165, 1.54) is 16.9 Å². The zero-order valence-electron chi connectivity index (χ0n) is 18.4. The summed E-state index contributed by atoms with van der Waals surface area (Å²) >= 11 is 1.25. The number of hydrogen-bond acceptors (Lipinski definition) is 6. The number of hydrogen-bond donors (Lipinski definition) is 2. The number of nitrogens with zero attached hydrogens (tertiary/aromatic N) is 3. The topological polar surface area (TPSA) is 104 Å². The first kappa shape index (κ1) is 22.9. The Labute approximate surface area is 186 Å². The Bertz CT molecular complexity index is 948. The Morgan fingerprint density at radius 3 is 2.35 bits per heavy atom. The van der Waals surface area contributed by atoms with Crippen LogP contribution in [-0.4, -0.2) is 45.0 Å². The molecule has 166 valence electrons. The van der Waals surface area contributed by atoms with Crippen molar-refractivity contribution in [2.45, 2.75) is 64.8 Å². The maximum atomic E-state index is 12.9. The summed E-state index contributed by atoms with van der Waals surface area (Å²) in [6.45, 7) is 7.85. The highest BCUT2D eigenvalue weighted by atomic mass is 32.1. The largest absolute Gasteiger partial charge is 0.325 e. The van der Waals surface area contributed by atoms with E-state index in [9.17, 15) is 14.4 Å². The van der Waals surface area contributed by atoms with E-state index in [1.807, 2.05) is 26.0 Å². The van der Waals surface area contributed by atoms with Gasteiger partial charge in [-0.2, -0.15) is 0 Å². The van der Waals surface area contributed by atoms with E-state index in [-0.39, 0.29) is 12.5 Å². The second-order valence-electron chi connectivity index (χ2n) is 8.14. The van der Waals surface area contributed by atoms with Gasteiger partial charge in [0.25, 0.3) is 5.91 Å². The minimum Gasteiger partial charge on any atom is -0.323 e. The minimum atomic E-state index is -0.904. The predicted octanol–water partition coefficient (Wildman–Crippen LogP) is 4.16. The molecule has 1 fully saturated rings. The maximum absolute atomic E-state index is 12.9. The summed E-state index contributed by atoms with van der Waals surface area (Å²) in [5.41, 5.74) is 1.25. The zero-order valence-corrected chi connectivity index (χ0v) is 19.2. The Balaban J connectivity index is 1.65. The van der Waals surface area contributed by atoms with Crippen molar-refractivity contribution < 1.29 is 14.4 Å². The van der Waals surface area contributed by atoms with Gasteiger partial charge in [-0.15, -0.1) is 10.2 Å². The second kappa shape index (κ2) is 9.55. The quantitative estimate of drug-likeness (QED) is 0.566. The highest BCUT2D eigenvalue weighted by molar-refractivity contribution is 7.18. The van der Waals surface area contributed by atoms with Crippen LogP contribution in [0.2, 0.25) is 0 Å². The molecule has 1 saturated heterocycles. The van der Waals surface area contributed by atoms with Crippen molar-refractivity contribution in [1.29, 1.82) is 0 Å². The molecule has 2 aromatic rings. The molecule has 4 amide bonds. The molecular weight excluding hydrogens is 414 g/mol. The summed E-state index contributed by atoms with van der Waals surface area (Å²) in [6.07, 6.45) is 2.63. The highest BCUT2D eigenvalue weighted by Crippen LogP contribution is 2.29. The zero-order chi connectivity index (χ0) is 22.6. The molecule has 1 aromatic heterocycles. The first-order chi connectivity index (χ1) is 14.8. The van der Waals surface area contributed by atoms with E-state index in [1.54, 1.807) is 0 Å². The molecule has 3 rings (SSSR count). The highest BCUT2D eigenvalue weighted by Gasteiger charge is 2.50. The van der Waals surface area contributed by atoms with Gasteiger partial charge in [-0.3, -0.25) is 19.8 Å². The summed E-state index contributed by atoms with van der Waals surface area (Å²) in [7, 11) is 0. The number of urea groups is 1. The van der Waals surface area contributed by atoms with E-state index in [0.29, 0.717) is 28.9 Å².